The van der Waals surface area contributed by atoms with Gasteiger partial charge in [0.05, 0.1) is 6.10 Å². The molecule has 1 nitrogen and oxygen atoms in total. The molecule has 1 unspecified atom stereocenters. The minimum atomic E-state index is -1.65. The van der Waals surface area contributed by atoms with Crippen LogP contribution >= 0.6 is 0 Å². The fourth-order valence-electron chi connectivity index (χ4n) is 8.45. The van der Waals surface area contributed by atoms with E-state index in [1.54, 1.807) is 0 Å². The van der Waals surface area contributed by atoms with E-state index in [-0.39, 0.29) is 0 Å². The normalized spacial score (nSPS) is 42.8. The molecule has 0 aromatic heterocycles. The molecule has 3 fully saturated rings. The second-order valence-corrected chi connectivity index (χ2v) is 17.6. The van der Waals surface area contributed by atoms with E-state index in [2.05, 4.69) is 62.3 Å². The van der Waals surface area contributed by atoms with Crippen molar-refractivity contribution in [3.05, 3.63) is 0 Å². The quantitative estimate of drug-likeness (QED) is 0.404. The summed E-state index contributed by atoms with van der Waals surface area (Å²) in [5, 5.41) is 0. The molecule has 0 aliphatic heterocycles. The Bertz CT molecular complexity index is 551. The van der Waals surface area contributed by atoms with Crippen molar-refractivity contribution in [1.82, 2.24) is 0 Å². The second kappa shape index (κ2) is 8.61. The van der Waals surface area contributed by atoms with E-state index in [1.165, 1.54) is 57.0 Å². The number of rotatable bonds is 5. The lowest BCUT2D eigenvalue weighted by molar-refractivity contribution is -0.116. The van der Waals surface area contributed by atoms with Gasteiger partial charge < -0.3 is 4.43 Å². The highest BCUT2D eigenvalue weighted by atomic mass is 28.4. The monoisotopic (exact) mass is 420 g/mol. The number of hydrogen-bond donors (Lipinski definition) is 0. The lowest BCUT2D eigenvalue weighted by Crippen LogP contribution is -2.56. The van der Waals surface area contributed by atoms with Crippen molar-refractivity contribution in [1.29, 1.82) is 0 Å². The lowest BCUT2D eigenvalue weighted by Gasteiger charge is -2.59. The van der Waals surface area contributed by atoms with Crippen LogP contribution in [0.4, 0.5) is 0 Å². The van der Waals surface area contributed by atoms with E-state index >= 15 is 0 Å². The van der Waals surface area contributed by atoms with Crippen LogP contribution in [0.5, 0.6) is 0 Å². The lowest BCUT2D eigenvalue weighted by atomic mass is 9.48. The summed E-state index contributed by atoms with van der Waals surface area (Å²) in [6.45, 7) is 22.7. The van der Waals surface area contributed by atoms with Crippen LogP contribution in [0.25, 0.3) is 0 Å². The van der Waals surface area contributed by atoms with Crippen LogP contribution in [0.1, 0.15) is 107 Å². The third kappa shape index (κ3) is 4.03. The summed E-state index contributed by atoms with van der Waals surface area (Å²) in [5.41, 5.74) is 1.64. The molecule has 3 aliphatic rings. The molecule has 0 amide bonds. The SMILES string of the molecule is CC[Si](CC)(OC1CC[C@@H](C)[C@H]2C[C@@H]3CC[C@@H](C)[C@H](CC[C@]12C)C3(C)C)C(C)C. The molecule has 7 atom stereocenters. The molecule has 3 saturated carbocycles. The molecule has 0 N–H and O–H groups in total. The zero-order valence-corrected chi connectivity index (χ0v) is 22.3. The molecular weight excluding hydrogens is 368 g/mol. The first-order valence-corrected chi connectivity index (χ1v) is 15.6. The molecule has 0 spiro atoms. The van der Waals surface area contributed by atoms with Crippen molar-refractivity contribution in [2.24, 2.45) is 40.4 Å². The summed E-state index contributed by atoms with van der Waals surface area (Å²) in [6.07, 6.45) is 10.4. The van der Waals surface area contributed by atoms with Crippen molar-refractivity contribution < 1.29 is 4.43 Å². The van der Waals surface area contributed by atoms with Crippen molar-refractivity contribution in [2.45, 2.75) is 131 Å². The van der Waals surface area contributed by atoms with E-state index in [0.717, 1.165) is 35.1 Å². The third-order valence-electron chi connectivity index (χ3n) is 11.0. The van der Waals surface area contributed by atoms with Crippen molar-refractivity contribution in [3.63, 3.8) is 0 Å². The summed E-state index contributed by atoms with van der Waals surface area (Å²) < 4.78 is 7.40. The highest BCUT2D eigenvalue weighted by molar-refractivity contribution is 6.75. The van der Waals surface area contributed by atoms with Crippen molar-refractivity contribution in [3.8, 4) is 0 Å². The minimum absolute atomic E-state index is 0.388. The van der Waals surface area contributed by atoms with Crippen LogP contribution in [-0.2, 0) is 4.43 Å². The summed E-state index contributed by atoms with van der Waals surface area (Å²) in [5.74, 6) is 4.44. The van der Waals surface area contributed by atoms with Gasteiger partial charge in [0.2, 0.25) is 0 Å². The molecular formula is C27H52OSi. The zero-order valence-electron chi connectivity index (χ0n) is 21.3. The highest BCUT2D eigenvalue weighted by Crippen LogP contribution is 2.61. The maximum Gasteiger partial charge on any atom is 0.195 e. The Morgan fingerprint density at radius 2 is 1.45 bits per heavy atom. The smallest absolute Gasteiger partial charge is 0.195 e. The van der Waals surface area contributed by atoms with E-state index in [1.807, 2.05) is 0 Å². The Hall–Kier alpha value is 0.177. The van der Waals surface area contributed by atoms with Gasteiger partial charge in [0, 0.05) is 0 Å². The summed E-state index contributed by atoms with van der Waals surface area (Å²) in [6, 6.07) is 2.56. The van der Waals surface area contributed by atoms with Gasteiger partial charge in [-0.1, -0.05) is 68.7 Å². The topological polar surface area (TPSA) is 9.23 Å². The average Bonchev–Trinajstić information content (AvgIpc) is 2.65. The van der Waals surface area contributed by atoms with Crippen LogP contribution in [0.2, 0.25) is 17.6 Å². The molecule has 29 heavy (non-hydrogen) atoms. The minimum Gasteiger partial charge on any atom is -0.413 e. The molecule has 0 aromatic carbocycles. The van der Waals surface area contributed by atoms with Crippen LogP contribution in [0.15, 0.2) is 0 Å². The predicted octanol–water partition coefficient (Wildman–Crippen LogP) is 8.69. The van der Waals surface area contributed by atoms with Gasteiger partial charge in [0.25, 0.3) is 0 Å². The molecule has 0 saturated heterocycles. The highest BCUT2D eigenvalue weighted by Gasteiger charge is 2.55. The molecule has 2 bridgehead atoms. The van der Waals surface area contributed by atoms with Gasteiger partial charge >= 0.3 is 0 Å². The summed E-state index contributed by atoms with van der Waals surface area (Å²) in [4.78, 5) is 0. The van der Waals surface area contributed by atoms with E-state index in [4.69, 9.17) is 4.43 Å². The van der Waals surface area contributed by atoms with Gasteiger partial charge in [0.1, 0.15) is 0 Å². The van der Waals surface area contributed by atoms with Gasteiger partial charge in [-0.2, -0.15) is 0 Å². The van der Waals surface area contributed by atoms with Gasteiger partial charge in [0.15, 0.2) is 8.32 Å². The molecule has 2 heteroatoms. The fourth-order valence-corrected chi connectivity index (χ4v) is 12.1. The van der Waals surface area contributed by atoms with Crippen LogP contribution in [-0.4, -0.2) is 14.4 Å². The fraction of sp³-hybridized carbons (Fsp3) is 1.00. The Labute approximate surface area is 184 Å². The standard InChI is InChI=1S/C27H52OSi/c1-10-29(11-2,19(3)4)28-25-15-13-21(6)24-18-22-14-12-20(5)23(26(22,7)8)16-17-27(24,25)9/h19-25H,10-18H2,1-9H3/t20-,21-,22+,23+,24-,25?,27+/m1/s1. The molecule has 0 radical (unpaired) electrons. The van der Waals surface area contributed by atoms with Crippen molar-refractivity contribution in [2.75, 3.05) is 0 Å². The predicted molar refractivity (Wildman–Crippen MR) is 130 cm³/mol. The molecule has 170 valence electrons. The largest absolute Gasteiger partial charge is 0.413 e. The molecule has 0 heterocycles. The summed E-state index contributed by atoms with van der Waals surface area (Å²) >= 11 is 0. The van der Waals surface area contributed by atoms with Crippen molar-refractivity contribution >= 4 is 8.32 Å². The number of hydrogen-bond acceptors (Lipinski definition) is 1. The van der Waals surface area contributed by atoms with E-state index < -0.39 is 8.32 Å². The maximum atomic E-state index is 7.40. The van der Waals surface area contributed by atoms with Crippen LogP contribution in [0.3, 0.4) is 0 Å². The van der Waals surface area contributed by atoms with Gasteiger partial charge in [-0.05, 0) is 96.6 Å². The maximum absolute atomic E-state index is 7.40. The first-order valence-electron chi connectivity index (χ1n) is 13.2. The zero-order chi connectivity index (χ0) is 21.6. The Balaban J connectivity index is 1.94. The van der Waals surface area contributed by atoms with E-state index in [0.29, 0.717) is 16.9 Å². The number of fused-ring (bicyclic) bond motifs is 3. The van der Waals surface area contributed by atoms with E-state index in [9.17, 15) is 0 Å². The van der Waals surface area contributed by atoms with Gasteiger partial charge in [-0.3, -0.25) is 0 Å². The third-order valence-corrected chi connectivity index (χ3v) is 16.2. The Morgan fingerprint density at radius 3 is 2.03 bits per heavy atom. The average molecular weight is 421 g/mol. The Morgan fingerprint density at radius 1 is 0.862 bits per heavy atom. The van der Waals surface area contributed by atoms with Gasteiger partial charge in [-0.15, -0.1) is 0 Å². The van der Waals surface area contributed by atoms with Gasteiger partial charge in [-0.25, -0.2) is 0 Å². The first kappa shape index (κ1) is 23.8. The van der Waals surface area contributed by atoms with Crippen LogP contribution in [0, 0.1) is 40.4 Å². The summed E-state index contributed by atoms with van der Waals surface area (Å²) in [7, 11) is -1.65. The second-order valence-electron chi connectivity index (χ2n) is 12.7. The molecule has 3 rings (SSSR count). The van der Waals surface area contributed by atoms with Crippen LogP contribution < -0.4 is 0 Å². The molecule has 3 aliphatic carbocycles. The first-order chi connectivity index (χ1) is 13.5. The molecule has 0 aromatic rings. The Kier molecular flexibility index (Phi) is 7.07.